The van der Waals surface area contributed by atoms with Gasteiger partial charge in [0, 0.05) is 11.6 Å². The molecule has 3 rings (SSSR count). The van der Waals surface area contributed by atoms with Gasteiger partial charge >= 0.3 is 0 Å². The molecule has 3 aromatic rings. The van der Waals surface area contributed by atoms with Crippen molar-refractivity contribution >= 4 is 17.2 Å². The highest BCUT2D eigenvalue weighted by Gasteiger charge is 2.12. The molecule has 6 nitrogen and oxygen atoms in total. The zero-order chi connectivity index (χ0) is 16.9. The number of carbonyl (C=O) groups is 1. The molecular formula is C17H16N2O4S. The van der Waals surface area contributed by atoms with Crippen LogP contribution in [0.25, 0.3) is 10.6 Å². The molecule has 0 radical (unpaired) electrons. The maximum Gasteiger partial charge on any atom is 0.251 e. The molecule has 24 heavy (non-hydrogen) atoms. The number of nitrogens with zero attached hydrogens (tertiary/aromatic N) is 1. The predicted octanol–water partition coefficient (Wildman–Crippen LogP) is 3.35. The normalized spacial score (nSPS) is 10.4. The Balaban J connectivity index is 1.65. The van der Waals surface area contributed by atoms with Gasteiger partial charge in [-0.1, -0.05) is 11.2 Å². The second-order valence-electron chi connectivity index (χ2n) is 4.91. The van der Waals surface area contributed by atoms with Gasteiger partial charge in [-0.15, -0.1) is 11.3 Å². The van der Waals surface area contributed by atoms with Crippen molar-refractivity contribution in [2.24, 2.45) is 0 Å². The molecule has 0 spiro atoms. The maximum atomic E-state index is 12.3. The minimum Gasteiger partial charge on any atom is -0.493 e. The Morgan fingerprint density at radius 3 is 2.75 bits per heavy atom. The van der Waals surface area contributed by atoms with Crippen LogP contribution in [-0.4, -0.2) is 25.3 Å². The van der Waals surface area contributed by atoms with Crippen LogP contribution in [0.4, 0.5) is 0 Å². The lowest BCUT2D eigenvalue weighted by molar-refractivity contribution is 0.0949. The molecule has 0 aliphatic carbocycles. The Morgan fingerprint density at radius 2 is 2.04 bits per heavy atom. The van der Waals surface area contributed by atoms with Crippen molar-refractivity contribution < 1.29 is 18.8 Å². The Morgan fingerprint density at radius 1 is 1.21 bits per heavy atom. The molecule has 0 unspecified atom stereocenters. The number of ether oxygens (including phenoxy) is 2. The average Bonchev–Trinajstić information content (AvgIpc) is 3.30. The van der Waals surface area contributed by atoms with Gasteiger partial charge in [-0.3, -0.25) is 4.79 Å². The standard InChI is InChI=1S/C17H16N2O4S/c1-21-13-6-5-11(8-14(13)22-2)17(20)18-10-12-9-15(23-19-12)16-4-3-7-24-16/h3-9H,10H2,1-2H3,(H,18,20). The number of benzene rings is 1. The van der Waals surface area contributed by atoms with Crippen LogP contribution in [0.5, 0.6) is 11.5 Å². The third kappa shape index (κ3) is 3.41. The Labute approximate surface area is 143 Å². The van der Waals surface area contributed by atoms with Crippen molar-refractivity contribution in [2.45, 2.75) is 6.54 Å². The number of carbonyl (C=O) groups excluding carboxylic acids is 1. The van der Waals surface area contributed by atoms with Gasteiger partial charge < -0.3 is 19.3 Å². The Hall–Kier alpha value is -2.80. The number of hydrogen-bond acceptors (Lipinski definition) is 6. The van der Waals surface area contributed by atoms with Gasteiger partial charge in [0.25, 0.3) is 5.91 Å². The van der Waals surface area contributed by atoms with Gasteiger partial charge in [-0.05, 0) is 29.6 Å². The molecule has 1 N–H and O–H groups in total. The molecule has 1 amide bonds. The van der Waals surface area contributed by atoms with Crippen molar-refractivity contribution in [3.05, 3.63) is 53.0 Å². The van der Waals surface area contributed by atoms with Gasteiger partial charge in [0.1, 0.15) is 5.69 Å². The van der Waals surface area contributed by atoms with Gasteiger partial charge in [-0.2, -0.15) is 0 Å². The largest absolute Gasteiger partial charge is 0.493 e. The lowest BCUT2D eigenvalue weighted by Crippen LogP contribution is -2.22. The van der Waals surface area contributed by atoms with E-state index in [-0.39, 0.29) is 12.5 Å². The van der Waals surface area contributed by atoms with Crippen LogP contribution in [0.2, 0.25) is 0 Å². The molecule has 0 saturated heterocycles. The van der Waals surface area contributed by atoms with E-state index in [0.717, 1.165) is 4.88 Å². The quantitative estimate of drug-likeness (QED) is 0.742. The summed E-state index contributed by atoms with van der Waals surface area (Å²) in [6.45, 7) is 0.280. The van der Waals surface area contributed by atoms with E-state index in [2.05, 4.69) is 10.5 Å². The molecule has 0 aliphatic heterocycles. The summed E-state index contributed by atoms with van der Waals surface area (Å²) in [7, 11) is 3.08. The first-order valence-electron chi connectivity index (χ1n) is 7.21. The summed E-state index contributed by atoms with van der Waals surface area (Å²) in [5.74, 6) is 1.55. The number of rotatable bonds is 6. The molecule has 0 bridgehead atoms. The minimum absolute atomic E-state index is 0.225. The van der Waals surface area contributed by atoms with Crippen LogP contribution in [0.1, 0.15) is 16.1 Å². The van der Waals surface area contributed by atoms with Gasteiger partial charge in [0.15, 0.2) is 17.3 Å². The number of methoxy groups -OCH3 is 2. The summed E-state index contributed by atoms with van der Waals surface area (Å²) in [4.78, 5) is 13.3. The monoisotopic (exact) mass is 344 g/mol. The molecule has 0 saturated carbocycles. The number of nitrogens with one attached hydrogen (secondary N) is 1. The summed E-state index contributed by atoms with van der Waals surface area (Å²) < 4.78 is 15.6. The molecule has 0 atom stereocenters. The Bertz CT molecular complexity index is 827. The van der Waals surface area contributed by atoms with E-state index >= 15 is 0 Å². The molecule has 2 aromatic heterocycles. The fraction of sp³-hybridized carbons (Fsp3) is 0.176. The van der Waals surface area contributed by atoms with Crippen LogP contribution in [0.15, 0.2) is 46.3 Å². The maximum absolute atomic E-state index is 12.3. The molecule has 1 aromatic carbocycles. The van der Waals surface area contributed by atoms with E-state index in [4.69, 9.17) is 14.0 Å². The minimum atomic E-state index is -0.225. The second-order valence-corrected chi connectivity index (χ2v) is 5.86. The molecule has 0 aliphatic rings. The highest BCUT2D eigenvalue weighted by molar-refractivity contribution is 7.13. The number of hydrogen-bond donors (Lipinski definition) is 1. The molecule has 7 heteroatoms. The number of amides is 1. The van der Waals surface area contributed by atoms with E-state index in [1.807, 2.05) is 23.6 Å². The second kappa shape index (κ2) is 7.18. The van der Waals surface area contributed by atoms with Crippen molar-refractivity contribution in [1.29, 1.82) is 0 Å². The Kier molecular flexibility index (Phi) is 4.81. The summed E-state index contributed by atoms with van der Waals surface area (Å²) >= 11 is 1.57. The summed E-state index contributed by atoms with van der Waals surface area (Å²) in [6.07, 6.45) is 0. The van der Waals surface area contributed by atoms with Crippen LogP contribution < -0.4 is 14.8 Å². The predicted molar refractivity (Wildman–Crippen MR) is 90.5 cm³/mol. The first kappa shape index (κ1) is 16.1. The van der Waals surface area contributed by atoms with Crippen LogP contribution in [-0.2, 0) is 6.54 Å². The van der Waals surface area contributed by atoms with Crippen LogP contribution in [0.3, 0.4) is 0 Å². The average molecular weight is 344 g/mol. The molecule has 0 fully saturated rings. The summed E-state index contributed by atoms with van der Waals surface area (Å²) in [5.41, 5.74) is 1.14. The van der Waals surface area contributed by atoms with E-state index in [9.17, 15) is 4.79 Å². The third-order valence-corrected chi connectivity index (χ3v) is 4.28. The first-order valence-corrected chi connectivity index (χ1v) is 8.09. The van der Waals surface area contributed by atoms with E-state index in [0.29, 0.717) is 28.5 Å². The van der Waals surface area contributed by atoms with E-state index in [1.54, 1.807) is 36.6 Å². The highest BCUT2D eigenvalue weighted by atomic mass is 32.1. The molecule has 2 heterocycles. The smallest absolute Gasteiger partial charge is 0.251 e. The van der Waals surface area contributed by atoms with Gasteiger partial charge in [0.05, 0.1) is 25.6 Å². The first-order chi connectivity index (χ1) is 11.7. The highest BCUT2D eigenvalue weighted by Crippen LogP contribution is 2.28. The fourth-order valence-corrected chi connectivity index (χ4v) is 2.85. The number of thiophene rings is 1. The SMILES string of the molecule is COc1ccc(C(=O)NCc2cc(-c3cccs3)on2)cc1OC. The number of aromatic nitrogens is 1. The van der Waals surface area contributed by atoms with Crippen molar-refractivity contribution in [1.82, 2.24) is 10.5 Å². The topological polar surface area (TPSA) is 73.6 Å². The van der Waals surface area contributed by atoms with Crippen molar-refractivity contribution in [3.8, 4) is 22.1 Å². The lowest BCUT2D eigenvalue weighted by atomic mass is 10.2. The summed E-state index contributed by atoms with van der Waals surface area (Å²) in [5, 5.41) is 8.75. The van der Waals surface area contributed by atoms with E-state index in [1.165, 1.54) is 7.11 Å². The van der Waals surface area contributed by atoms with Crippen LogP contribution >= 0.6 is 11.3 Å². The molecule has 124 valence electrons. The lowest BCUT2D eigenvalue weighted by Gasteiger charge is -2.09. The third-order valence-electron chi connectivity index (χ3n) is 3.40. The van der Waals surface area contributed by atoms with E-state index < -0.39 is 0 Å². The van der Waals surface area contributed by atoms with Gasteiger partial charge in [0.2, 0.25) is 0 Å². The van der Waals surface area contributed by atoms with Crippen molar-refractivity contribution in [3.63, 3.8) is 0 Å². The van der Waals surface area contributed by atoms with Gasteiger partial charge in [-0.25, -0.2) is 0 Å². The summed E-state index contributed by atoms with van der Waals surface area (Å²) in [6, 6.07) is 10.7. The fourth-order valence-electron chi connectivity index (χ4n) is 2.18. The van der Waals surface area contributed by atoms with Crippen molar-refractivity contribution in [2.75, 3.05) is 14.2 Å². The zero-order valence-corrected chi connectivity index (χ0v) is 14.1. The zero-order valence-electron chi connectivity index (χ0n) is 13.2. The molecular weight excluding hydrogens is 328 g/mol. The van der Waals surface area contributed by atoms with Crippen LogP contribution in [0, 0.1) is 0 Å².